The van der Waals surface area contributed by atoms with Crippen molar-refractivity contribution >= 4 is 6.41 Å². The van der Waals surface area contributed by atoms with Crippen LogP contribution in [-0.4, -0.2) is 6.41 Å². The molecular weight excluding hydrogens is 198 g/mol. The molecule has 2 aromatic carbocycles. The Morgan fingerprint density at radius 2 is 1.50 bits per heavy atom. The van der Waals surface area contributed by atoms with Crippen LogP contribution in [0.25, 0.3) is 11.1 Å². The van der Waals surface area contributed by atoms with Crippen LogP contribution in [0.4, 0.5) is 0 Å². The second-order valence-electron chi connectivity index (χ2n) is 3.52. The molecular formula is C14H12NO. The van der Waals surface area contributed by atoms with Gasteiger partial charge in [0.15, 0.2) is 0 Å². The Morgan fingerprint density at radius 3 is 2.12 bits per heavy atom. The van der Waals surface area contributed by atoms with Crippen LogP contribution in [0.15, 0.2) is 54.6 Å². The first-order valence-electron chi connectivity index (χ1n) is 5.14. The molecule has 0 aromatic heterocycles. The van der Waals surface area contributed by atoms with Crippen molar-refractivity contribution in [3.8, 4) is 11.1 Å². The minimum Gasteiger partial charge on any atom is -0.344 e. The monoisotopic (exact) mass is 210 g/mol. The van der Waals surface area contributed by atoms with Crippen molar-refractivity contribution in [2.45, 2.75) is 6.54 Å². The van der Waals surface area contributed by atoms with Crippen LogP contribution in [-0.2, 0) is 11.3 Å². The number of benzene rings is 2. The van der Waals surface area contributed by atoms with E-state index in [1.54, 1.807) is 6.41 Å². The largest absolute Gasteiger partial charge is 0.344 e. The smallest absolute Gasteiger partial charge is 0.309 e. The van der Waals surface area contributed by atoms with E-state index in [4.69, 9.17) is 0 Å². The minimum absolute atomic E-state index is 0.526. The quantitative estimate of drug-likeness (QED) is 0.772. The molecule has 2 rings (SSSR count). The van der Waals surface area contributed by atoms with Crippen LogP contribution in [0.1, 0.15) is 5.56 Å². The van der Waals surface area contributed by atoms with E-state index in [1.165, 1.54) is 11.1 Å². The van der Waals surface area contributed by atoms with E-state index in [-0.39, 0.29) is 0 Å². The van der Waals surface area contributed by atoms with Gasteiger partial charge in [-0.3, -0.25) is 4.79 Å². The normalized spacial score (nSPS) is 9.75. The summed E-state index contributed by atoms with van der Waals surface area (Å²) in [6.45, 7) is 0.526. The molecule has 79 valence electrons. The van der Waals surface area contributed by atoms with Gasteiger partial charge in [-0.1, -0.05) is 54.6 Å². The molecule has 1 N–H and O–H groups in total. The van der Waals surface area contributed by atoms with Crippen molar-refractivity contribution in [1.82, 2.24) is 5.32 Å². The lowest BCUT2D eigenvalue weighted by Gasteiger charge is -2.03. The van der Waals surface area contributed by atoms with E-state index in [2.05, 4.69) is 29.6 Å². The summed E-state index contributed by atoms with van der Waals surface area (Å²) in [5.74, 6) is 0. The topological polar surface area (TPSA) is 29.1 Å². The van der Waals surface area contributed by atoms with Crippen molar-refractivity contribution in [2.24, 2.45) is 0 Å². The first-order valence-corrected chi connectivity index (χ1v) is 5.14. The average Bonchev–Trinajstić information content (AvgIpc) is 2.38. The van der Waals surface area contributed by atoms with Crippen molar-refractivity contribution in [3.63, 3.8) is 0 Å². The highest BCUT2D eigenvalue weighted by molar-refractivity contribution is 5.63. The second-order valence-corrected chi connectivity index (χ2v) is 3.52. The first kappa shape index (κ1) is 10.4. The molecule has 2 heteroatoms. The molecule has 1 amide bonds. The van der Waals surface area contributed by atoms with Crippen molar-refractivity contribution in [3.05, 3.63) is 60.2 Å². The average molecular weight is 210 g/mol. The predicted octanol–water partition coefficient (Wildman–Crippen LogP) is 2.51. The zero-order valence-corrected chi connectivity index (χ0v) is 8.81. The molecule has 0 aliphatic rings. The summed E-state index contributed by atoms with van der Waals surface area (Å²) in [4.78, 5) is 10.0. The highest BCUT2D eigenvalue weighted by Crippen LogP contribution is 2.18. The van der Waals surface area contributed by atoms with Gasteiger partial charge in [0.2, 0.25) is 0 Å². The molecule has 16 heavy (non-hydrogen) atoms. The predicted molar refractivity (Wildman–Crippen MR) is 64.4 cm³/mol. The van der Waals surface area contributed by atoms with E-state index in [9.17, 15) is 4.79 Å². The third kappa shape index (κ3) is 2.48. The molecule has 0 atom stereocenters. The molecule has 0 heterocycles. The van der Waals surface area contributed by atoms with Gasteiger partial charge in [-0.2, -0.15) is 0 Å². The van der Waals surface area contributed by atoms with Crippen molar-refractivity contribution in [1.29, 1.82) is 0 Å². The Hall–Kier alpha value is -2.09. The van der Waals surface area contributed by atoms with Gasteiger partial charge in [0.05, 0.1) is 0 Å². The Labute approximate surface area is 94.9 Å². The van der Waals surface area contributed by atoms with Gasteiger partial charge < -0.3 is 5.32 Å². The second kappa shape index (κ2) is 5.12. The fourth-order valence-corrected chi connectivity index (χ4v) is 1.58. The van der Waals surface area contributed by atoms with Gasteiger partial charge in [-0.15, -0.1) is 0 Å². The van der Waals surface area contributed by atoms with Gasteiger partial charge >= 0.3 is 6.41 Å². The van der Waals surface area contributed by atoms with E-state index in [0.717, 1.165) is 5.56 Å². The summed E-state index contributed by atoms with van der Waals surface area (Å²) in [5.41, 5.74) is 3.45. The van der Waals surface area contributed by atoms with Crippen LogP contribution in [0, 0.1) is 0 Å². The molecule has 2 nitrogen and oxygen atoms in total. The lowest BCUT2D eigenvalue weighted by atomic mass is 10.0. The number of hydrogen-bond donors (Lipinski definition) is 1. The van der Waals surface area contributed by atoms with E-state index in [1.807, 2.05) is 30.3 Å². The van der Waals surface area contributed by atoms with Crippen LogP contribution < -0.4 is 5.32 Å². The SMILES string of the molecule is O=[C]NCc1ccc(-c2ccccc2)cc1. The molecule has 0 bridgehead atoms. The molecule has 0 fully saturated rings. The van der Waals surface area contributed by atoms with Gasteiger partial charge in [0, 0.05) is 6.54 Å². The lowest BCUT2D eigenvalue weighted by molar-refractivity contribution is 0.542. The summed E-state index contributed by atoms with van der Waals surface area (Å²) in [6, 6.07) is 18.3. The molecule has 0 aliphatic carbocycles. The zero-order chi connectivity index (χ0) is 11.2. The van der Waals surface area contributed by atoms with Gasteiger partial charge in [0.1, 0.15) is 0 Å². The van der Waals surface area contributed by atoms with Crippen LogP contribution in [0.5, 0.6) is 0 Å². The molecule has 2 aromatic rings. The molecule has 0 aliphatic heterocycles. The lowest BCUT2D eigenvalue weighted by Crippen LogP contribution is -2.09. The Kier molecular flexibility index (Phi) is 3.34. The molecule has 0 saturated heterocycles. The van der Waals surface area contributed by atoms with Crippen molar-refractivity contribution in [2.75, 3.05) is 0 Å². The zero-order valence-electron chi connectivity index (χ0n) is 8.81. The van der Waals surface area contributed by atoms with E-state index >= 15 is 0 Å². The molecule has 0 spiro atoms. The Balaban J connectivity index is 2.16. The first-order chi connectivity index (χ1) is 7.90. The highest BCUT2D eigenvalue weighted by atomic mass is 16.1. The summed E-state index contributed by atoms with van der Waals surface area (Å²) in [5, 5.41) is 2.52. The summed E-state index contributed by atoms with van der Waals surface area (Å²) < 4.78 is 0. The number of hydrogen-bond acceptors (Lipinski definition) is 1. The molecule has 0 saturated carbocycles. The summed E-state index contributed by atoms with van der Waals surface area (Å²) >= 11 is 0. The van der Waals surface area contributed by atoms with E-state index < -0.39 is 0 Å². The number of nitrogens with one attached hydrogen (secondary N) is 1. The number of amides is 1. The molecule has 1 radical (unpaired) electrons. The molecule has 0 unspecified atom stereocenters. The van der Waals surface area contributed by atoms with Crippen LogP contribution in [0.2, 0.25) is 0 Å². The maximum absolute atomic E-state index is 10.0. The minimum atomic E-state index is 0.526. The third-order valence-corrected chi connectivity index (χ3v) is 2.43. The number of carbonyl (C=O) groups excluding carboxylic acids is 1. The highest BCUT2D eigenvalue weighted by Gasteiger charge is 1.96. The number of rotatable bonds is 4. The van der Waals surface area contributed by atoms with Gasteiger partial charge in [-0.25, -0.2) is 0 Å². The fraction of sp³-hybridized carbons (Fsp3) is 0.0714. The van der Waals surface area contributed by atoms with Gasteiger partial charge in [0.25, 0.3) is 0 Å². The standard InChI is InChI=1S/C14H12NO/c16-11-15-10-12-6-8-14(9-7-12)13-4-2-1-3-5-13/h1-9H,10H2,(H,15,16). The fourth-order valence-electron chi connectivity index (χ4n) is 1.58. The van der Waals surface area contributed by atoms with Crippen molar-refractivity contribution < 1.29 is 4.79 Å². The maximum atomic E-state index is 10.0. The summed E-state index contributed by atoms with van der Waals surface area (Å²) in [6.07, 6.45) is 1.66. The van der Waals surface area contributed by atoms with Crippen LogP contribution in [0.3, 0.4) is 0 Å². The van der Waals surface area contributed by atoms with E-state index in [0.29, 0.717) is 6.54 Å². The Morgan fingerprint density at radius 1 is 0.875 bits per heavy atom. The van der Waals surface area contributed by atoms with Gasteiger partial charge in [-0.05, 0) is 16.7 Å². The van der Waals surface area contributed by atoms with Crippen LogP contribution >= 0.6 is 0 Å². The maximum Gasteiger partial charge on any atom is 0.309 e. The summed E-state index contributed by atoms with van der Waals surface area (Å²) in [7, 11) is 0. The Bertz CT molecular complexity index is 448. The third-order valence-electron chi connectivity index (χ3n) is 2.43.